The molecule has 2 N–H and O–H groups in total. The molecule has 0 radical (unpaired) electrons. The van der Waals surface area contributed by atoms with Gasteiger partial charge in [-0.25, -0.2) is 4.79 Å². The minimum Gasteiger partial charge on any atom is -0.379 e. The van der Waals surface area contributed by atoms with Crippen LogP contribution in [0.15, 0.2) is 54.6 Å². The van der Waals surface area contributed by atoms with Gasteiger partial charge in [0.05, 0.1) is 18.8 Å². The van der Waals surface area contributed by atoms with Crippen molar-refractivity contribution in [2.75, 3.05) is 38.2 Å². The molecule has 3 rings (SSSR count). The molecule has 2 aromatic rings. The molecular weight excluding hydrogens is 350 g/mol. The summed E-state index contributed by atoms with van der Waals surface area (Å²) in [5, 5.41) is 6.08. The maximum atomic E-state index is 12.5. The molecule has 0 aliphatic carbocycles. The summed E-state index contributed by atoms with van der Waals surface area (Å²) in [6.07, 6.45) is 1.82. The summed E-state index contributed by atoms with van der Waals surface area (Å²) < 4.78 is 5.39. The number of carbonyl (C=O) groups is 1. The van der Waals surface area contributed by atoms with E-state index >= 15 is 0 Å². The largest absolute Gasteiger partial charge is 0.379 e. The number of rotatable bonds is 7. The third kappa shape index (κ3) is 5.57. The quantitative estimate of drug-likeness (QED) is 0.762. The molecule has 0 spiro atoms. The predicted octanol–water partition coefficient (Wildman–Crippen LogP) is 4.01. The van der Waals surface area contributed by atoms with Crippen LogP contribution in [-0.4, -0.2) is 43.8 Å². The van der Waals surface area contributed by atoms with Gasteiger partial charge in [0.15, 0.2) is 0 Å². The van der Waals surface area contributed by atoms with Crippen LogP contribution in [0.4, 0.5) is 10.5 Å². The van der Waals surface area contributed by atoms with Gasteiger partial charge in [-0.2, -0.15) is 0 Å². The molecule has 1 unspecified atom stereocenters. The van der Waals surface area contributed by atoms with E-state index in [-0.39, 0.29) is 6.03 Å². The average Bonchev–Trinajstić information content (AvgIpc) is 2.74. The number of amides is 2. The van der Waals surface area contributed by atoms with E-state index in [1.807, 2.05) is 42.5 Å². The summed E-state index contributed by atoms with van der Waals surface area (Å²) in [6.45, 7) is 8.86. The van der Waals surface area contributed by atoms with Crippen molar-refractivity contribution in [3.8, 4) is 0 Å². The van der Waals surface area contributed by atoms with Crippen molar-refractivity contribution < 1.29 is 9.53 Å². The first-order chi connectivity index (χ1) is 13.6. The highest BCUT2D eigenvalue weighted by Gasteiger charge is 2.26. The minimum atomic E-state index is -0.399. The molecule has 1 atom stereocenters. The second-order valence-corrected chi connectivity index (χ2v) is 7.53. The van der Waals surface area contributed by atoms with Crippen LogP contribution in [0.5, 0.6) is 0 Å². The zero-order chi connectivity index (χ0) is 19.8. The Kier molecular flexibility index (Phi) is 7.06. The first-order valence-corrected chi connectivity index (χ1v) is 10.1. The summed E-state index contributed by atoms with van der Waals surface area (Å²) in [6, 6.07) is 18.0. The van der Waals surface area contributed by atoms with Crippen LogP contribution >= 0.6 is 0 Å². The van der Waals surface area contributed by atoms with Crippen molar-refractivity contribution in [2.45, 2.75) is 32.2 Å². The third-order valence-electron chi connectivity index (χ3n) is 5.54. The van der Waals surface area contributed by atoms with Crippen molar-refractivity contribution >= 4 is 11.7 Å². The van der Waals surface area contributed by atoms with Crippen LogP contribution in [0, 0.1) is 0 Å². The maximum Gasteiger partial charge on any atom is 0.319 e. The molecule has 0 bridgehead atoms. The van der Waals surface area contributed by atoms with E-state index in [1.54, 1.807) is 0 Å². The molecule has 1 aliphatic rings. The van der Waals surface area contributed by atoms with Crippen LogP contribution in [0.1, 0.15) is 31.4 Å². The smallest absolute Gasteiger partial charge is 0.319 e. The maximum absolute atomic E-state index is 12.5. The number of urea groups is 1. The first kappa shape index (κ1) is 20.4. The fourth-order valence-corrected chi connectivity index (χ4v) is 3.45. The molecule has 2 amide bonds. The van der Waals surface area contributed by atoms with Crippen LogP contribution in [0.3, 0.4) is 0 Å². The van der Waals surface area contributed by atoms with Gasteiger partial charge >= 0.3 is 6.03 Å². The topological polar surface area (TPSA) is 53.6 Å². The summed E-state index contributed by atoms with van der Waals surface area (Å²) in [5.41, 5.74) is 2.79. The lowest BCUT2D eigenvalue weighted by Gasteiger charge is -2.30. The number of hydrogen-bond acceptors (Lipinski definition) is 3. The van der Waals surface area contributed by atoms with Crippen LogP contribution in [0.25, 0.3) is 0 Å². The van der Waals surface area contributed by atoms with Gasteiger partial charge in [0, 0.05) is 25.3 Å². The Bertz CT molecular complexity index is 742. The normalized spacial score (nSPS) is 16.9. The molecule has 28 heavy (non-hydrogen) atoms. The average molecular weight is 382 g/mol. The molecule has 1 heterocycles. The van der Waals surface area contributed by atoms with Gasteiger partial charge in [-0.1, -0.05) is 49.4 Å². The molecule has 0 aromatic heterocycles. The minimum absolute atomic E-state index is 0.186. The van der Waals surface area contributed by atoms with E-state index in [4.69, 9.17) is 4.74 Å². The lowest BCUT2D eigenvalue weighted by molar-refractivity contribution is 0.0384. The summed E-state index contributed by atoms with van der Waals surface area (Å²) >= 11 is 0. The number of carbonyl (C=O) groups excluding carboxylic acids is 1. The van der Waals surface area contributed by atoms with Crippen molar-refractivity contribution in [3.05, 3.63) is 65.7 Å². The number of hydrogen-bond donors (Lipinski definition) is 2. The Hall–Kier alpha value is -2.37. The zero-order valence-corrected chi connectivity index (χ0v) is 16.9. The second-order valence-electron chi connectivity index (χ2n) is 7.53. The van der Waals surface area contributed by atoms with E-state index in [9.17, 15) is 4.79 Å². The summed E-state index contributed by atoms with van der Waals surface area (Å²) in [5.74, 6) is 0. The molecule has 2 aromatic carbocycles. The van der Waals surface area contributed by atoms with Gasteiger partial charge in [0.25, 0.3) is 0 Å². The molecule has 5 heteroatoms. The Morgan fingerprint density at radius 3 is 2.39 bits per heavy atom. The summed E-state index contributed by atoms with van der Waals surface area (Å²) in [4.78, 5) is 15.0. The van der Waals surface area contributed by atoms with E-state index in [0.717, 1.165) is 56.9 Å². The first-order valence-electron chi connectivity index (χ1n) is 10.1. The fraction of sp³-hybridized carbons (Fsp3) is 0.435. The highest BCUT2D eigenvalue weighted by Crippen LogP contribution is 2.24. The van der Waals surface area contributed by atoms with Crippen molar-refractivity contribution in [1.29, 1.82) is 0 Å². The highest BCUT2D eigenvalue weighted by molar-refractivity contribution is 5.89. The van der Waals surface area contributed by atoms with Gasteiger partial charge in [0.2, 0.25) is 0 Å². The van der Waals surface area contributed by atoms with Gasteiger partial charge in [0.1, 0.15) is 0 Å². The van der Waals surface area contributed by atoms with Crippen LogP contribution in [0.2, 0.25) is 0 Å². The number of anilines is 1. The van der Waals surface area contributed by atoms with E-state index in [1.165, 1.54) is 5.56 Å². The molecular formula is C23H31N3O2. The second kappa shape index (κ2) is 9.71. The highest BCUT2D eigenvalue weighted by atomic mass is 16.5. The van der Waals surface area contributed by atoms with Crippen LogP contribution in [-0.2, 0) is 16.7 Å². The lowest BCUT2D eigenvalue weighted by Crippen LogP contribution is -2.45. The van der Waals surface area contributed by atoms with E-state index in [2.05, 4.69) is 41.5 Å². The Morgan fingerprint density at radius 2 is 1.75 bits per heavy atom. The van der Waals surface area contributed by atoms with Crippen molar-refractivity contribution in [2.24, 2.45) is 0 Å². The zero-order valence-electron chi connectivity index (χ0n) is 16.9. The number of benzene rings is 2. The number of nitrogens with zero attached hydrogens (tertiary/aromatic N) is 1. The van der Waals surface area contributed by atoms with Gasteiger partial charge in [-0.3, -0.25) is 4.90 Å². The Morgan fingerprint density at radius 1 is 1.07 bits per heavy atom. The molecule has 1 fully saturated rings. The van der Waals surface area contributed by atoms with E-state index in [0.29, 0.717) is 0 Å². The summed E-state index contributed by atoms with van der Waals surface area (Å²) in [7, 11) is 0. The van der Waals surface area contributed by atoms with E-state index < -0.39 is 5.54 Å². The molecule has 1 aliphatic heterocycles. The van der Waals surface area contributed by atoms with Gasteiger partial charge < -0.3 is 15.4 Å². The SMILES string of the molecule is CCC(C)(NC(=O)Nc1ccc(CCN2CCOCC2)cc1)c1ccccc1. The lowest BCUT2D eigenvalue weighted by atomic mass is 9.89. The van der Waals surface area contributed by atoms with Crippen molar-refractivity contribution in [1.82, 2.24) is 10.2 Å². The van der Waals surface area contributed by atoms with Gasteiger partial charge in [-0.05, 0) is 43.0 Å². The number of ether oxygens (including phenoxy) is 1. The Labute approximate surface area is 168 Å². The Balaban J connectivity index is 1.52. The molecule has 150 valence electrons. The number of morpholine rings is 1. The van der Waals surface area contributed by atoms with Gasteiger partial charge in [-0.15, -0.1) is 0 Å². The third-order valence-corrected chi connectivity index (χ3v) is 5.54. The fourth-order valence-electron chi connectivity index (χ4n) is 3.45. The molecule has 0 saturated carbocycles. The molecule has 5 nitrogen and oxygen atoms in total. The van der Waals surface area contributed by atoms with Crippen molar-refractivity contribution in [3.63, 3.8) is 0 Å². The number of nitrogens with one attached hydrogen (secondary N) is 2. The molecule has 1 saturated heterocycles. The van der Waals surface area contributed by atoms with Crippen LogP contribution < -0.4 is 10.6 Å². The standard InChI is InChI=1S/C23H31N3O2/c1-3-23(2,20-7-5-4-6-8-20)25-22(27)24-21-11-9-19(10-12-21)13-14-26-15-17-28-18-16-26/h4-12H,3,13-18H2,1-2H3,(H2,24,25,27). The monoisotopic (exact) mass is 381 g/mol. The predicted molar refractivity (Wildman–Crippen MR) is 114 cm³/mol.